The molecule has 1 aliphatic heterocycles. The molecule has 33 heavy (non-hydrogen) atoms. The third kappa shape index (κ3) is 6.77. The molecule has 11 heteroatoms. The van der Waals surface area contributed by atoms with Gasteiger partial charge in [0.05, 0.1) is 17.5 Å². The number of sulfonamides is 1. The van der Waals surface area contributed by atoms with Crippen molar-refractivity contribution < 1.29 is 26.4 Å². The predicted octanol–water partition coefficient (Wildman–Crippen LogP) is 4.25. The van der Waals surface area contributed by atoms with E-state index in [4.69, 9.17) is 11.6 Å². The van der Waals surface area contributed by atoms with E-state index in [0.29, 0.717) is 49.0 Å². The molecular weight excluding hydrogens is 479 g/mol. The lowest BCUT2D eigenvalue weighted by atomic mass is 10.1. The summed E-state index contributed by atoms with van der Waals surface area (Å²) < 4.78 is 64.5. The number of halogens is 4. The van der Waals surface area contributed by atoms with Gasteiger partial charge in [0.1, 0.15) is 0 Å². The molecule has 0 spiro atoms. The van der Waals surface area contributed by atoms with Crippen LogP contribution in [0.2, 0.25) is 5.02 Å². The maximum atomic E-state index is 13.0. The summed E-state index contributed by atoms with van der Waals surface area (Å²) in [7, 11) is -3.53. The van der Waals surface area contributed by atoms with Crippen LogP contribution in [0.25, 0.3) is 0 Å². The molecule has 1 fully saturated rings. The van der Waals surface area contributed by atoms with Gasteiger partial charge in [-0.1, -0.05) is 17.7 Å². The Balaban J connectivity index is 1.52. The highest BCUT2D eigenvalue weighted by atomic mass is 35.5. The lowest BCUT2D eigenvalue weighted by molar-refractivity contribution is -0.137. The van der Waals surface area contributed by atoms with Crippen LogP contribution in [0.15, 0.2) is 48.5 Å². The monoisotopic (exact) mass is 503 g/mol. The third-order valence-corrected chi connectivity index (χ3v) is 6.88. The molecule has 1 aliphatic rings. The van der Waals surface area contributed by atoms with Crippen molar-refractivity contribution >= 4 is 38.9 Å². The normalized spacial score (nSPS) is 14.9. The van der Waals surface area contributed by atoms with Crippen LogP contribution in [-0.4, -0.2) is 58.2 Å². The second-order valence-corrected chi connectivity index (χ2v) is 10.2. The van der Waals surface area contributed by atoms with Crippen molar-refractivity contribution in [3.05, 3.63) is 59.1 Å². The Morgan fingerprint density at radius 1 is 1.06 bits per heavy atom. The molecule has 0 aromatic heterocycles. The summed E-state index contributed by atoms with van der Waals surface area (Å²) in [6.45, 7) is 1.78. The minimum atomic E-state index is -4.40. The van der Waals surface area contributed by atoms with Gasteiger partial charge in [-0.25, -0.2) is 8.42 Å². The van der Waals surface area contributed by atoms with Gasteiger partial charge in [0.2, 0.25) is 15.9 Å². The van der Waals surface area contributed by atoms with Crippen LogP contribution in [0.3, 0.4) is 0 Å². The minimum Gasteiger partial charge on any atom is -0.368 e. The van der Waals surface area contributed by atoms with E-state index < -0.39 is 21.8 Å². The predicted molar refractivity (Wildman–Crippen MR) is 123 cm³/mol. The molecule has 0 N–H and O–H groups in total. The first-order chi connectivity index (χ1) is 15.4. The minimum absolute atomic E-state index is 0.108. The highest BCUT2D eigenvalue weighted by molar-refractivity contribution is 7.92. The fraction of sp³-hybridized carbons (Fsp3) is 0.409. The van der Waals surface area contributed by atoms with Crippen LogP contribution < -0.4 is 9.21 Å². The molecule has 0 atom stereocenters. The number of hydrogen-bond acceptors (Lipinski definition) is 4. The molecule has 0 saturated carbocycles. The average Bonchev–Trinajstić information content (AvgIpc) is 2.76. The van der Waals surface area contributed by atoms with E-state index >= 15 is 0 Å². The summed E-state index contributed by atoms with van der Waals surface area (Å²) in [6.07, 6.45) is -2.79. The Hall–Kier alpha value is -2.46. The van der Waals surface area contributed by atoms with Crippen molar-refractivity contribution in [1.29, 1.82) is 0 Å². The summed E-state index contributed by atoms with van der Waals surface area (Å²) in [5.41, 5.74) is 0.252. The van der Waals surface area contributed by atoms with Gasteiger partial charge < -0.3 is 9.80 Å². The highest BCUT2D eigenvalue weighted by Crippen LogP contribution is 2.32. The topological polar surface area (TPSA) is 60.9 Å². The summed E-state index contributed by atoms with van der Waals surface area (Å²) in [6, 6.07) is 11.6. The Bertz CT molecular complexity index is 1070. The van der Waals surface area contributed by atoms with Gasteiger partial charge >= 0.3 is 6.18 Å². The Morgan fingerprint density at radius 3 is 2.27 bits per heavy atom. The zero-order valence-corrected chi connectivity index (χ0v) is 19.6. The van der Waals surface area contributed by atoms with E-state index in [2.05, 4.69) is 0 Å². The van der Waals surface area contributed by atoms with Crippen molar-refractivity contribution in [2.45, 2.75) is 19.0 Å². The number of carbonyl (C=O) groups is 1. The van der Waals surface area contributed by atoms with Crippen molar-refractivity contribution in [2.24, 2.45) is 0 Å². The molecule has 6 nitrogen and oxygen atoms in total. The van der Waals surface area contributed by atoms with Gasteiger partial charge in [-0.2, -0.15) is 13.2 Å². The molecule has 2 aromatic rings. The summed E-state index contributed by atoms with van der Waals surface area (Å²) >= 11 is 5.87. The Labute approximate surface area is 196 Å². The maximum absolute atomic E-state index is 13.0. The molecule has 180 valence electrons. The second kappa shape index (κ2) is 10.2. The van der Waals surface area contributed by atoms with Crippen LogP contribution in [0.5, 0.6) is 0 Å². The molecule has 1 saturated heterocycles. The van der Waals surface area contributed by atoms with Crippen molar-refractivity contribution in [3.8, 4) is 0 Å². The van der Waals surface area contributed by atoms with Gasteiger partial charge in [0, 0.05) is 49.9 Å². The van der Waals surface area contributed by atoms with E-state index in [0.717, 1.165) is 18.4 Å². The largest absolute Gasteiger partial charge is 0.416 e. The average molecular weight is 504 g/mol. The first-order valence-corrected chi connectivity index (χ1v) is 12.6. The lowest BCUT2D eigenvalue weighted by Gasteiger charge is -2.36. The van der Waals surface area contributed by atoms with E-state index in [1.807, 2.05) is 4.90 Å². The maximum Gasteiger partial charge on any atom is 0.416 e. The Morgan fingerprint density at radius 2 is 1.70 bits per heavy atom. The van der Waals surface area contributed by atoms with Gasteiger partial charge in [-0.15, -0.1) is 0 Å². The van der Waals surface area contributed by atoms with Crippen LogP contribution in [0, 0.1) is 0 Å². The molecule has 0 aliphatic carbocycles. The highest BCUT2D eigenvalue weighted by Gasteiger charge is 2.31. The smallest absolute Gasteiger partial charge is 0.368 e. The molecule has 0 bridgehead atoms. The zero-order valence-electron chi connectivity index (χ0n) is 18.1. The van der Waals surface area contributed by atoms with Crippen LogP contribution in [-0.2, 0) is 21.0 Å². The van der Waals surface area contributed by atoms with Crippen LogP contribution in [0.4, 0.5) is 24.5 Å². The number of amides is 1. The standard InChI is InChI=1S/C22H25ClF3N3O3S/c1-33(31,32)29(19-9-7-18(23)8-10-19)11-3-6-21(30)28-14-12-27(13-15-28)20-5-2-4-17(16-20)22(24,25)26/h2,4-5,7-10,16H,3,6,11-15H2,1H3. The molecule has 2 aromatic carbocycles. The number of alkyl halides is 3. The molecule has 0 radical (unpaired) electrons. The number of piperazine rings is 1. The molecule has 0 unspecified atom stereocenters. The number of nitrogens with zero attached hydrogens (tertiary/aromatic N) is 3. The quantitative estimate of drug-likeness (QED) is 0.566. The van der Waals surface area contributed by atoms with Gasteiger partial charge in [-0.05, 0) is 48.9 Å². The number of carbonyl (C=O) groups excluding carboxylic acids is 1. The van der Waals surface area contributed by atoms with E-state index in [1.54, 1.807) is 35.2 Å². The number of rotatable bonds is 7. The van der Waals surface area contributed by atoms with E-state index in [1.165, 1.54) is 10.4 Å². The van der Waals surface area contributed by atoms with Gasteiger partial charge in [-0.3, -0.25) is 9.10 Å². The lowest BCUT2D eigenvalue weighted by Crippen LogP contribution is -2.49. The van der Waals surface area contributed by atoms with Gasteiger partial charge in [0.25, 0.3) is 0 Å². The van der Waals surface area contributed by atoms with E-state index in [-0.39, 0.29) is 18.9 Å². The first kappa shape index (κ1) is 25.2. The number of anilines is 2. The molecule has 1 amide bonds. The second-order valence-electron chi connectivity index (χ2n) is 7.83. The van der Waals surface area contributed by atoms with Crippen molar-refractivity contribution in [3.63, 3.8) is 0 Å². The SMILES string of the molecule is CS(=O)(=O)N(CCCC(=O)N1CCN(c2cccc(C(F)(F)F)c2)CC1)c1ccc(Cl)cc1. The first-order valence-electron chi connectivity index (χ1n) is 10.4. The van der Waals surface area contributed by atoms with Gasteiger partial charge in [0.15, 0.2) is 0 Å². The van der Waals surface area contributed by atoms with E-state index in [9.17, 15) is 26.4 Å². The zero-order chi connectivity index (χ0) is 24.2. The molecule has 1 heterocycles. The Kier molecular flexibility index (Phi) is 7.79. The number of benzene rings is 2. The van der Waals surface area contributed by atoms with Crippen LogP contribution in [0.1, 0.15) is 18.4 Å². The van der Waals surface area contributed by atoms with Crippen molar-refractivity contribution in [1.82, 2.24) is 4.90 Å². The third-order valence-electron chi connectivity index (χ3n) is 5.44. The van der Waals surface area contributed by atoms with Crippen LogP contribution >= 0.6 is 11.6 Å². The summed E-state index contributed by atoms with van der Waals surface area (Å²) in [5.74, 6) is -0.108. The molecule has 3 rings (SSSR count). The fourth-order valence-electron chi connectivity index (χ4n) is 3.72. The number of hydrogen-bond donors (Lipinski definition) is 0. The summed E-state index contributed by atoms with van der Waals surface area (Å²) in [4.78, 5) is 16.1. The van der Waals surface area contributed by atoms with Crippen molar-refractivity contribution in [2.75, 3.05) is 48.2 Å². The fourth-order valence-corrected chi connectivity index (χ4v) is 4.81. The summed E-state index contributed by atoms with van der Waals surface area (Å²) in [5, 5.41) is 0.492. The molecular formula is C22H25ClF3N3O3S.